The number of nitriles is 1. The van der Waals surface area contributed by atoms with Gasteiger partial charge < -0.3 is 10.2 Å². The van der Waals surface area contributed by atoms with E-state index in [0.717, 1.165) is 37.1 Å². The maximum atomic E-state index is 12.7. The second-order valence-corrected chi connectivity index (χ2v) is 8.29. The molecule has 1 unspecified atom stereocenters. The Hall–Kier alpha value is -3.13. The van der Waals surface area contributed by atoms with Gasteiger partial charge in [0.1, 0.15) is 6.04 Å². The Morgan fingerprint density at radius 2 is 1.72 bits per heavy atom. The van der Waals surface area contributed by atoms with E-state index in [1.54, 1.807) is 25.1 Å². The predicted octanol–water partition coefficient (Wildman–Crippen LogP) is 3.75. The molecule has 0 bridgehead atoms. The topological polar surface area (TPSA) is 73.2 Å². The van der Waals surface area contributed by atoms with Gasteiger partial charge in [-0.2, -0.15) is 5.26 Å². The fourth-order valence-corrected chi connectivity index (χ4v) is 4.08. The zero-order valence-corrected chi connectivity index (χ0v) is 16.6. The lowest BCUT2D eigenvalue weighted by atomic mass is 9.93. The van der Waals surface area contributed by atoms with Crippen molar-refractivity contribution < 1.29 is 9.59 Å². The van der Waals surface area contributed by atoms with E-state index < -0.39 is 6.04 Å². The maximum Gasteiger partial charge on any atom is 0.251 e. The van der Waals surface area contributed by atoms with Crippen LogP contribution in [-0.2, 0) is 4.79 Å². The van der Waals surface area contributed by atoms with Crippen LogP contribution in [0.25, 0.3) is 11.1 Å². The fourth-order valence-electron chi connectivity index (χ4n) is 4.08. The number of nitrogens with one attached hydrogen (secondary N) is 1. The summed E-state index contributed by atoms with van der Waals surface area (Å²) >= 11 is 0. The molecule has 5 nitrogen and oxygen atoms in total. The second-order valence-electron chi connectivity index (χ2n) is 8.29. The van der Waals surface area contributed by atoms with Crippen LogP contribution in [0.5, 0.6) is 0 Å². The third-order valence-electron chi connectivity index (χ3n) is 6.28. The van der Waals surface area contributed by atoms with E-state index in [4.69, 9.17) is 5.26 Å². The van der Waals surface area contributed by atoms with Crippen molar-refractivity contribution in [3.8, 4) is 17.2 Å². The van der Waals surface area contributed by atoms with E-state index in [0.29, 0.717) is 16.5 Å². The number of benzene rings is 2. The average Bonchev–Trinajstić information content (AvgIpc) is 3.52. The van der Waals surface area contributed by atoms with Crippen LogP contribution in [0.3, 0.4) is 0 Å². The van der Waals surface area contributed by atoms with E-state index in [1.807, 2.05) is 35.2 Å². The number of rotatable bonds is 4. The van der Waals surface area contributed by atoms with Crippen molar-refractivity contribution >= 4 is 11.8 Å². The van der Waals surface area contributed by atoms with E-state index in [1.165, 1.54) is 12.8 Å². The third kappa shape index (κ3) is 4.17. The van der Waals surface area contributed by atoms with Crippen molar-refractivity contribution in [3.63, 3.8) is 0 Å². The molecule has 2 aromatic rings. The highest BCUT2D eigenvalue weighted by molar-refractivity contribution is 5.97. The Bertz CT molecular complexity index is 960. The number of likely N-dealkylation sites (tertiary alicyclic amines) is 1. The Kier molecular flexibility index (Phi) is 5.10. The molecule has 0 aromatic heterocycles. The zero-order valence-electron chi connectivity index (χ0n) is 16.6. The van der Waals surface area contributed by atoms with E-state index >= 15 is 0 Å². The first-order valence-corrected chi connectivity index (χ1v) is 10.2. The lowest BCUT2D eigenvalue weighted by molar-refractivity contribution is -0.134. The highest BCUT2D eigenvalue weighted by atomic mass is 16.2. The van der Waals surface area contributed by atoms with Crippen LogP contribution < -0.4 is 5.32 Å². The highest BCUT2D eigenvalue weighted by Crippen LogP contribution is 2.53. The van der Waals surface area contributed by atoms with Gasteiger partial charge in [0, 0.05) is 18.7 Å². The zero-order chi connectivity index (χ0) is 20.4. The Morgan fingerprint density at radius 3 is 2.34 bits per heavy atom. The summed E-state index contributed by atoms with van der Waals surface area (Å²) in [5, 5.41) is 11.9. The molecule has 4 rings (SSSR count). The van der Waals surface area contributed by atoms with Gasteiger partial charge in [-0.3, -0.25) is 9.59 Å². The van der Waals surface area contributed by atoms with Gasteiger partial charge in [0.25, 0.3) is 5.91 Å². The molecule has 29 heavy (non-hydrogen) atoms. The number of carbonyl (C=O) groups excluding carboxylic acids is 2. The first-order valence-electron chi connectivity index (χ1n) is 10.2. The van der Waals surface area contributed by atoms with Crippen molar-refractivity contribution in [1.82, 2.24) is 10.2 Å². The van der Waals surface area contributed by atoms with Crippen LogP contribution >= 0.6 is 0 Å². The minimum atomic E-state index is -0.539. The summed E-state index contributed by atoms with van der Waals surface area (Å²) in [4.78, 5) is 27.1. The Balaban J connectivity index is 1.36. The smallest absolute Gasteiger partial charge is 0.251 e. The van der Waals surface area contributed by atoms with Gasteiger partial charge in [0.15, 0.2) is 0 Å². The number of amides is 2. The van der Waals surface area contributed by atoms with Gasteiger partial charge in [-0.25, -0.2) is 0 Å². The molecule has 2 amide bonds. The molecule has 2 aliphatic rings. The highest BCUT2D eigenvalue weighted by Gasteiger charge is 2.45. The first-order chi connectivity index (χ1) is 14.0. The lowest BCUT2D eigenvalue weighted by Crippen LogP contribution is -2.49. The van der Waals surface area contributed by atoms with Crippen LogP contribution in [0.15, 0.2) is 48.5 Å². The van der Waals surface area contributed by atoms with E-state index in [-0.39, 0.29) is 11.8 Å². The number of piperidine rings is 1. The van der Waals surface area contributed by atoms with E-state index in [2.05, 4.69) is 11.4 Å². The summed E-state index contributed by atoms with van der Waals surface area (Å²) in [6.45, 7) is 3.36. The van der Waals surface area contributed by atoms with Crippen molar-refractivity contribution in [2.24, 2.45) is 5.41 Å². The summed E-state index contributed by atoms with van der Waals surface area (Å²) < 4.78 is 0. The standard InChI is InChI=1S/C24H25N3O2/c1-17(23(29)27-13-11-24(9-10-24)12-14-27)26-22(28)20-7-5-19(6-8-20)21-4-2-3-18(15-21)16-25/h2-8,15,17H,9-14H2,1H3,(H,26,28). The molecule has 1 saturated carbocycles. The molecule has 1 aliphatic carbocycles. The molecule has 0 radical (unpaired) electrons. The molecule has 2 fully saturated rings. The molecule has 1 heterocycles. The molecule has 5 heteroatoms. The van der Waals surface area contributed by atoms with Gasteiger partial charge >= 0.3 is 0 Å². The number of nitrogens with zero attached hydrogens (tertiary/aromatic N) is 2. The molecule has 1 aliphatic heterocycles. The van der Waals surface area contributed by atoms with Crippen LogP contribution in [0, 0.1) is 16.7 Å². The van der Waals surface area contributed by atoms with E-state index in [9.17, 15) is 9.59 Å². The third-order valence-corrected chi connectivity index (χ3v) is 6.28. The van der Waals surface area contributed by atoms with Gasteiger partial charge in [0.05, 0.1) is 11.6 Å². The predicted molar refractivity (Wildman–Crippen MR) is 111 cm³/mol. The molecule has 2 aromatic carbocycles. The SMILES string of the molecule is CC(NC(=O)c1ccc(-c2cccc(C#N)c2)cc1)C(=O)N1CCC2(CC1)CC2. The summed E-state index contributed by atoms with van der Waals surface area (Å²) in [5.74, 6) is -0.252. The van der Waals surface area contributed by atoms with Crippen LogP contribution in [0.2, 0.25) is 0 Å². The van der Waals surface area contributed by atoms with Crippen molar-refractivity contribution in [3.05, 3.63) is 59.7 Å². The molecule has 148 valence electrons. The fraction of sp³-hybridized carbons (Fsp3) is 0.375. The van der Waals surface area contributed by atoms with Crippen molar-refractivity contribution in [1.29, 1.82) is 5.26 Å². The van der Waals surface area contributed by atoms with Crippen LogP contribution in [-0.4, -0.2) is 35.8 Å². The average molecular weight is 387 g/mol. The summed E-state index contributed by atoms with van der Waals surface area (Å²) in [7, 11) is 0. The summed E-state index contributed by atoms with van der Waals surface area (Å²) in [6, 6.07) is 16.2. The van der Waals surface area contributed by atoms with Crippen molar-refractivity contribution in [2.45, 2.75) is 38.6 Å². The van der Waals surface area contributed by atoms with Gasteiger partial charge in [-0.1, -0.05) is 24.3 Å². The van der Waals surface area contributed by atoms with Gasteiger partial charge in [-0.15, -0.1) is 0 Å². The van der Waals surface area contributed by atoms with Crippen LogP contribution in [0.1, 0.15) is 48.5 Å². The lowest BCUT2D eigenvalue weighted by Gasteiger charge is -2.33. The molecular weight excluding hydrogens is 362 g/mol. The minimum absolute atomic E-state index is 0.00112. The molecular formula is C24H25N3O2. The number of hydrogen-bond acceptors (Lipinski definition) is 3. The molecule has 1 atom stereocenters. The molecule has 1 N–H and O–H groups in total. The van der Waals surface area contributed by atoms with Gasteiger partial charge in [-0.05, 0) is 73.4 Å². The van der Waals surface area contributed by atoms with Crippen LogP contribution in [0.4, 0.5) is 0 Å². The normalized spacial score (nSPS) is 18.0. The quantitative estimate of drug-likeness (QED) is 0.868. The maximum absolute atomic E-state index is 12.7. The number of carbonyl (C=O) groups is 2. The van der Waals surface area contributed by atoms with Gasteiger partial charge in [0.2, 0.25) is 5.91 Å². The molecule has 1 spiro atoms. The minimum Gasteiger partial charge on any atom is -0.341 e. The Labute approximate surface area is 171 Å². The number of hydrogen-bond donors (Lipinski definition) is 1. The molecule has 1 saturated heterocycles. The summed E-state index contributed by atoms with van der Waals surface area (Å²) in [5.41, 5.74) is 3.50. The Morgan fingerprint density at radius 1 is 1.03 bits per heavy atom. The van der Waals surface area contributed by atoms with Crippen molar-refractivity contribution in [2.75, 3.05) is 13.1 Å². The summed E-state index contributed by atoms with van der Waals surface area (Å²) in [6.07, 6.45) is 4.79. The largest absolute Gasteiger partial charge is 0.341 e. The monoisotopic (exact) mass is 387 g/mol. The second kappa shape index (κ2) is 7.71. The first kappa shape index (κ1) is 19.2.